The SMILES string of the molecule is COC1=C[C@@H]2C(=O)[C@@H]([C@@H]3c4ccccc4C[C@]23C)[C@]1(O)c1cccc(OC)c1. The summed E-state index contributed by atoms with van der Waals surface area (Å²) in [6.45, 7) is 2.18. The van der Waals surface area contributed by atoms with Gasteiger partial charge in [0.1, 0.15) is 17.3 Å². The molecule has 1 fully saturated rings. The van der Waals surface area contributed by atoms with Gasteiger partial charge in [0, 0.05) is 11.8 Å². The molecule has 4 nitrogen and oxygen atoms in total. The molecule has 3 aliphatic carbocycles. The molecule has 1 N–H and O–H groups in total. The molecule has 0 heterocycles. The largest absolute Gasteiger partial charge is 0.498 e. The molecule has 0 amide bonds. The van der Waals surface area contributed by atoms with Crippen molar-refractivity contribution in [1.29, 1.82) is 0 Å². The molecular weight excluding hydrogens is 352 g/mol. The topological polar surface area (TPSA) is 55.8 Å². The normalized spacial score (nSPS) is 35.2. The lowest BCUT2D eigenvalue weighted by atomic mass is 9.69. The molecule has 0 aromatic heterocycles. The van der Waals surface area contributed by atoms with Crippen LogP contribution in [0.1, 0.15) is 29.5 Å². The number of ketones is 1. The summed E-state index contributed by atoms with van der Waals surface area (Å²) in [7, 11) is 3.16. The van der Waals surface area contributed by atoms with Gasteiger partial charge in [0.25, 0.3) is 0 Å². The first-order valence-corrected chi connectivity index (χ1v) is 9.70. The zero-order valence-electron chi connectivity index (χ0n) is 16.3. The fourth-order valence-electron chi connectivity index (χ4n) is 5.98. The van der Waals surface area contributed by atoms with E-state index >= 15 is 0 Å². The molecule has 2 aromatic rings. The Morgan fingerprint density at radius 2 is 1.82 bits per heavy atom. The quantitative estimate of drug-likeness (QED) is 0.890. The lowest BCUT2D eigenvalue weighted by molar-refractivity contribution is -0.135. The summed E-state index contributed by atoms with van der Waals surface area (Å²) in [4.78, 5) is 13.5. The van der Waals surface area contributed by atoms with Crippen molar-refractivity contribution in [2.75, 3.05) is 14.2 Å². The van der Waals surface area contributed by atoms with Crippen LogP contribution in [0.25, 0.3) is 0 Å². The fourth-order valence-corrected chi connectivity index (χ4v) is 5.98. The second-order valence-corrected chi connectivity index (χ2v) is 8.45. The van der Waals surface area contributed by atoms with Crippen LogP contribution in [0, 0.1) is 17.3 Å². The van der Waals surface area contributed by atoms with Crippen LogP contribution >= 0.6 is 0 Å². The van der Waals surface area contributed by atoms with Gasteiger partial charge in [0.15, 0.2) is 5.60 Å². The minimum atomic E-state index is -1.52. The number of Topliss-reactive ketones (excluding diaryl/α,β-unsaturated/α-hetero) is 1. The molecule has 144 valence electrons. The van der Waals surface area contributed by atoms with Crippen molar-refractivity contribution in [3.8, 4) is 5.75 Å². The number of rotatable bonds is 3. The molecular formula is C24H24O4. The summed E-state index contributed by atoms with van der Waals surface area (Å²) < 4.78 is 11.1. The predicted octanol–water partition coefficient (Wildman–Crippen LogP) is 3.59. The van der Waals surface area contributed by atoms with Gasteiger partial charge in [-0.15, -0.1) is 0 Å². The Bertz CT molecular complexity index is 1010. The minimum Gasteiger partial charge on any atom is -0.498 e. The number of methoxy groups -OCH3 is 2. The Morgan fingerprint density at radius 1 is 1.04 bits per heavy atom. The first-order chi connectivity index (χ1) is 13.4. The molecule has 0 spiro atoms. The van der Waals surface area contributed by atoms with Crippen molar-refractivity contribution in [1.82, 2.24) is 0 Å². The predicted molar refractivity (Wildman–Crippen MR) is 105 cm³/mol. The highest BCUT2D eigenvalue weighted by Gasteiger charge is 2.69. The molecule has 2 aromatic carbocycles. The van der Waals surface area contributed by atoms with Crippen molar-refractivity contribution in [2.45, 2.75) is 24.9 Å². The van der Waals surface area contributed by atoms with Crippen LogP contribution in [0.5, 0.6) is 5.75 Å². The van der Waals surface area contributed by atoms with E-state index in [1.165, 1.54) is 11.1 Å². The molecule has 28 heavy (non-hydrogen) atoms. The number of carbonyl (C=O) groups is 1. The summed E-state index contributed by atoms with van der Waals surface area (Å²) in [5.41, 5.74) is 1.32. The van der Waals surface area contributed by atoms with E-state index in [2.05, 4.69) is 19.1 Å². The van der Waals surface area contributed by atoms with Crippen molar-refractivity contribution in [3.63, 3.8) is 0 Å². The maximum Gasteiger partial charge on any atom is 0.156 e. The minimum absolute atomic E-state index is 0.0544. The molecule has 4 heteroatoms. The number of allylic oxidation sites excluding steroid dienone is 1. The van der Waals surface area contributed by atoms with E-state index in [-0.39, 0.29) is 23.0 Å². The lowest BCUT2D eigenvalue weighted by Gasteiger charge is -2.39. The van der Waals surface area contributed by atoms with Crippen molar-refractivity contribution >= 4 is 5.78 Å². The van der Waals surface area contributed by atoms with Crippen LogP contribution in [0.2, 0.25) is 0 Å². The number of hydrogen-bond donors (Lipinski definition) is 1. The van der Waals surface area contributed by atoms with Crippen molar-refractivity contribution < 1.29 is 19.4 Å². The maximum atomic E-state index is 13.5. The number of carbonyl (C=O) groups excluding carboxylic acids is 1. The van der Waals surface area contributed by atoms with E-state index in [1.807, 2.05) is 36.4 Å². The van der Waals surface area contributed by atoms with Gasteiger partial charge >= 0.3 is 0 Å². The Hall–Kier alpha value is -2.59. The summed E-state index contributed by atoms with van der Waals surface area (Å²) in [5, 5.41) is 12.1. The second kappa shape index (κ2) is 5.71. The zero-order valence-corrected chi connectivity index (χ0v) is 16.3. The highest BCUT2D eigenvalue weighted by molar-refractivity contribution is 5.94. The molecule has 0 unspecified atom stereocenters. The molecule has 5 atom stereocenters. The number of hydrogen-bond acceptors (Lipinski definition) is 4. The maximum absolute atomic E-state index is 13.5. The zero-order chi connectivity index (χ0) is 19.7. The Kier molecular flexibility index (Phi) is 3.57. The average Bonchev–Trinajstić information content (AvgIpc) is 3.08. The van der Waals surface area contributed by atoms with Gasteiger partial charge in [-0.05, 0) is 46.7 Å². The van der Waals surface area contributed by atoms with E-state index in [9.17, 15) is 9.90 Å². The smallest absolute Gasteiger partial charge is 0.156 e. The van der Waals surface area contributed by atoms with E-state index in [1.54, 1.807) is 20.3 Å². The third kappa shape index (κ3) is 1.96. The van der Waals surface area contributed by atoms with Crippen LogP contribution in [0.4, 0.5) is 0 Å². The van der Waals surface area contributed by atoms with E-state index < -0.39 is 11.5 Å². The lowest BCUT2D eigenvalue weighted by Crippen LogP contribution is -2.45. The van der Waals surface area contributed by atoms with Gasteiger partial charge < -0.3 is 14.6 Å². The second-order valence-electron chi connectivity index (χ2n) is 8.45. The van der Waals surface area contributed by atoms with Gasteiger partial charge in [-0.3, -0.25) is 4.79 Å². The molecule has 0 radical (unpaired) electrons. The van der Waals surface area contributed by atoms with E-state index in [4.69, 9.17) is 9.47 Å². The third-order valence-electron chi connectivity index (χ3n) is 7.20. The van der Waals surface area contributed by atoms with Gasteiger partial charge in [-0.1, -0.05) is 43.3 Å². The third-order valence-corrected chi connectivity index (χ3v) is 7.20. The standard InChI is InChI=1S/C24H24O4/c1-23-13-14-7-4-5-10-17(14)20(23)21-22(25)18(23)12-19(28-3)24(21,26)15-8-6-9-16(11-15)27-2/h4-12,18,20-21,26H,13H2,1-3H3/t18-,20+,21-,23-,24+/m1/s1. The van der Waals surface area contributed by atoms with Crippen LogP contribution in [-0.4, -0.2) is 25.1 Å². The Morgan fingerprint density at radius 3 is 2.57 bits per heavy atom. The Balaban J connectivity index is 1.76. The highest BCUT2D eigenvalue weighted by Crippen LogP contribution is 2.68. The van der Waals surface area contributed by atoms with Gasteiger partial charge in [-0.25, -0.2) is 0 Å². The molecule has 0 saturated heterocycles. The van der Waals surface area contributed by atoms with Crippen LogP contribution in [0.3, 0.4) is 0 Å². The first-order valence-electron chi connectivity index (χ1n) is 9.70. The van der Waals surface area contributed by atoms with Gasteiger partial charge in [-0.2, -0.15) is 0 Å². The summed E-state index contributed by atoms with van der Waals surface area (Å²) in [6, 6.07) is 15.6. The van der Waals surface area contributed by atoms with Crippen molar-refractivity contribution in [2.24, 2.45) is 17.3 Å². The van der Waals surface area contributed by atoms with Crippen LogP contribution < -0.4 is 4.74 Å². The number of benzene rings is 2. The summed E-state index contributed by atoms with van der Waals surface area (Å²) in [6.07, 6.45) is 2.70. The van der Waals surface area contributed by atoms with Crippen molar-refractivity contribution in [3.05, 3.63) is 77.1 Å². The monoisotopic (exact) mass is 376 g/mol. The van der Waals surface area contributed by atoms with Crippen LogP contribution in [-0.2, 0) is 21.6 Å². The molecule has 5 rings (SSSR count). The number of aliphatic hydroxyl groups is 1. The Labute approximate surface area is 164 Å². The highest BCUT2D eigenvalue weighted by atomic mass is 16.5. The molecule has 0 aliphatic heterocycles. The van der Waals surface area contributed by atoms with E-state index in [0.29, 0.717) is 17.1 Å². The molecule has 1 saturated carbocycles. The van der Waals surface area contributed by atoms with Gasteiger partial charge in [0.05, 0.1) is 20.1 Å². The fraction of sp³-hybridized carbons (Fsp3) is 0.375. The summed E-state index contributed by atoms with van der Waals surface area (Å²) >= 11 is 0. The number of fused-ring (bicyclic) bond motifs is 7. The van der Waals surface area contributed by atoms with E-state index in [0.717, 1.165) is 6.42 Å². The average molecular weight is 376 g/mol. The van der Waals surface area contributed by atoms with Gasteiger partial charge in [0.2, 0.25) is 0 Å². The number of ether oxygens (including phenoxy) is 2. The molecule has 3 aliphatic rings. The van der Waals surface area contributed by atoms with Crippen LogP contribution in [0.15, 0.2) is 60.4 Å². The first kappa shape index (κ1) is 17.5. The molecule has 2 bridgehead atoms. The summed E-state index contributed by atoms with van der Waals surface area (Å²) in [5.74, 6) is 0.315.